The van der Waals surface area contributed by atoms with E-state index in [1.165, 1.54) is 17.4 Å². The SMILES string of the molecule is O=C(CCNCC1(c2cccc(F)c2)CCOCC1)Nc1nccs1. The summed E-state index contributed by atoms with van der Waals surface area (Å²) in [6.07, 6.45) is 3.71. The van der Waals surface area contributed by atoms with Crippen LogP contribution in [0.15, 0.2) is 35.8 Å². The molecule has 5 nitrogen and oxygen atoms in total. The first-order valence-electron chi connectivity index (χ1n) is 8.42. The Morgan fingerprint density at radius 2 is 2.20 bits per heavy atom. The number of rotatable bonds is 7. The van der Waals surface area contributed by atoms with Gasteiger partial charge < -0.3 is 15.4 Å². The van der Waals surface area contributed by atoms with Gasteiger partial charge in [0.2, 0.25) is 5.91 Å². The molecule has 1 amide bonds. The standard InChI is InChI=1S/C18H22FN3O2S/c19-15-3-1-2-14(12-15)18(5-9-24-10-6-18)13-20-7-4-16(23)22-17-21-8-11-25-17/h1-3,8,11-12,20H,4-7,9-10,13H2,(H,21,22,23). The average molecular weight is 363 g/mol. The number of halogens is 1. The van der Waals surface area contributed by atoms with Crippen molar-refractivity contribution in [3.8, 4) is 0 Å². The molecule has 0 atom stereocenters. The molecule has 0 radical (unpaired) electrons. The van der Waals surface area contributed by atoms with Crippen LogP contribution in [0, 0.1) is 5.82 Å². The fourth-order valence-corrected chi connectivity index (χ4v) is 3.69. The minimum absolute atomic E-state index is 0.0609. The number of aromatic nitrogens is 1. The molecule has 2 heterocycles. The highest BCUT2D eigenvalue weighted by molar-refractivity contribution is 7.13. The molecule has 25 heavy (non-hydrogen) atoms. The summed E-state index contributed by atoms with van der Waals surface area (Å²) in [6, 6.07) is 6.81. The molecule has 1 saturated heterocycles. The monoisotopic (exact) mass is 363 g/mol. The Hall–Kier alpha value is -1.83. The number of benzene rings is 1. The van der Waals surface area contributed by atoms with E-state index < -0.39 is 0 Å². The molecule has 1 fully saturated rings. The van der Waals surface area contributed by atoms with Gasteiger partial charge in [0, 0.05) is 49.7 Å². The van der Waals surface area contributed by atoms with Crippen molar-refractivity contribution in [2.45, 2.75) is 24.7 Å². The largest absolute Gasteiger partial charge is 0.381 e. The van der Waals surface area contributed by atoms with Gasteiger partial charge in [0.25, 0.3) is 0 Å². The Balaban J connectivity index is 1.54. The molecule has 0 saturated carbocycles. The first-order chi connectivity index (χ1) is 12.2. The highest BCUT2D eigenvalue weighted by Gasteiger charge is 2.34. The van der Waals surface area contributed by atoms with Crippen molar-refractivity contribution in [3.63, 3.8) is 0 Å². The Morgan fingerprint density at radius 3 is 2.92 bits per heavy atom. The highest BCUT2D eigenvalue weighted by atomic mass is 32.1. The number of carbonyl (C=O) groups is 1. The second-order valence-electron chi connectivity index (χ2n) is 6.22. The molecule has 0 spiro atoms. The van der Waals surface area contributed by atoms with Crippen LogP contribution >= 0.6 is 11.3 Å². The van der Waals surface area contributed by atoms with E-state index in [4.69, 9.17) is 4.74 Å². The number of anilines is 1. The van der Waals surface area contributed by atoms with E-state index in [-0.39, 0.29) is 17.1 Å². The lowest BCUT2D eigenvalue weighted by Gasteiger charge is -2.38. The summed E-state index contributed by atoms with van der Waals surface area (Å²) in [5.74, 6) is -0.277. The molecular weight excluding hydrogens is 341 g/mol. The van der Waals surface area contributed by atoms with Gasteiger partial charge in [-0.25, -0.2) is 9.37 Å². The van der Waals surface area contributed by atoms with Gasteiger partial charge in [-0.2, -0.15) is 0 Å². The first kappa shape index (κ1) is 18.0. The predicted octanol–water partition coefficient (Wildman–Crippen LogP) is 2.95. The van der Waals surface area contributed by atoms with Crippen molar-refractivity contribution in [2.75, 3.05) is 31.6 Å². The van der Waals surface area contributed by atoms with E-state index in [0.29, 0.717) is 37.9 Å². The molecule has 0 unspecified atom stereocenters. The minimum atomic E-state index is -0.216. The molecule has 1 aliphatic rings. The zero-order valence-electron chi connectivity index (χ0n) is 14.0. The second-order valence-corrected chi connectivity index (χ2v) is 7.11. The lowest BCUT2D eigenvalue weighted by atomic mass is 9.74. The van der Waals surface area contributed by atoms with Crippen LogP contribution in [-0.2, 0) is 14.9 Å². The fourth-order valence-electron chi connectivity index (χ4n) is 3.14. The van der Waals surface area contributed by atoms with Gasteiger partial charge in [-0.15, -0.1) is 11.3 Å². The summed E-state index contributed by atoms with van der Waals surface area (Å²) in [4.78, 5) is 15.9. The minimum Gasteiger partial charge on any atom is -0.381 e. The summed E-state index contributed by atoms with van der Waals surface area (Å²) in [5.41, 5.74) is 0.849. The van der Waals surface area contributed by atoms with Crippen molar-refractivity contribution in [3.05, 3.63) is 47.2 Å². The van der Waals surface area contributed by atoms with Crippen LogP contribution < -0.4 is 10.6 Å². The highest BCUT2D eigenvalue weighted by Crippen LogP contribution is 2.34. The Kier molecular flexibility index (Phi) is 6.12. The molecule has 0 bridgehead atoms. The van der Waals surface area contributed by atoms with Crippen LogP contribution in [0.5, 0.6) is 0 Å². The molecule has 2 N–H and O–H groups in total. The van der Waals surface area contributed by atoms with Gasteiger partial charge in [-0.05, 0) is 30.5 Å². The maximum atomic E-state index is 13.7. The lowest BCUT2D eigenvalue weighted by Crippen LogP contribution is -2.43. The third kappa shape index (κ3) is 4.84. The summed E-state index contributed by atoms with van der Waals surface area (Å²) in [6.45, 7) is 2.60. The number of hydrogen-bond acceptors (Lipinski definition) is 5. The number of amides is 1. The number of hydrogen-bond donors (Lipinski definition) is 2. The number of nitrogens with one attached hydrogen (secondary N) is 2. The molecule has 134 valence electrons. The van der Waals surface area contributed by atoms with E-state index in [2.05, 4.69) is 15.6 Å². The zero-order valence-corrected chi connectivity index (χ0v) is 14.8. The Labute approximate surface area is 150 Å². The maximum absolute atomic E-state index is 13.7. The summed E-state index contributed by atoms with van der Waals surface area (Å²) in [5, 5.41) is 8.57. The molecule has 7 heteroatoms. The lowest BCUT2D eigenvalue weighted by molar-refractivity contribution is -0.116. The Morgan fingerprint density at radius 1 is 1.36 bits per heavy atom. The predicted molar refractivity (Wildman–Crippen MR) is 96.4 cm³/mol. The van der Waals surface area contributed by atoms with E-state index in [1.54, 1.807) is 18.3 Å². The summed E-state index contributed by atoms with van der Waals surface area (Å²) < 4.78 is 19.1. The van der Waals surface area contributed by atoms with Gasteiger partial charge in [-0.3, -0.25) is 4.79 Å². The van der Waals surface area contributed by atoms with Crippen LogP contribution in [0.3, 0.4) is 0 Å². The molecule has 1 aliphatic heterocycles. The normalized spacial score (nSPS) is 16.5. The average Bonchev–Trinajstić information content (AvgIpc) is 3.12. The number of thiazole rings is 1. The maximum Gasteiger partial charge on any atom is 0.227 e. The van der Waals surface area contributed by atoms with E-state index in [9.17, 15) is 9.18 Å². The van der Waals surface area contributed by atoms with Crippen LogP contribution in [0.1, 0.15) is 24.8 Å². The van der Waals surface area contributed by atoms with Crippen molar-refractivity contribution in [2.24, 2.45) is 0 Å². The van der Waals surface area contributed by atoms with Crippen molar-refractivity contribution in [1.82, 2.24) is 10.3 Å². The van der Waals surface area contributed by atoms with Gasteiger partial charge >= 0.3 is 0 Å². The molecule has 3 rings (SSSR count). The topological polar surface area (TPSA) is 63.2 Å². The van der Waals surface area contributed by atoms with E-state index in [1.807, 2.05) is 11.4 Å². The summed E-state index contributed by atoms with van der Waals surface area (Å²) in [7, 11) is 0. The van der Waals surface area contributed by atoms with Crippen LogP contribution in [0.2, 0.25) is 0 Å². The fraction of sp³-hybridized carbons (Fsp3) is 0.444. The van der Waals surface area contributed by atoms with Crippen molar-refractivity contribution >= 4 is 22.4 Å². The zero-order chi connectivity index (χ0) is 17.5. The summed E-state index contributed by atoms with van der Waals surface area (Å²) >= 11 is 1.40. The van der Waals surface area contributed by atoms with Gasteiger partial charge in [0.1, 0.15) is 5.82 Å². The third-order valence-corrected chi connectivity index (χ3v) is 5.25. The molecular formula is C18H22FN3O2S. The number of nitrogens with zero attached hydrogens (tertiary/aromatic N) is 1. The number of ether oxygens (including phenoxy) is 1. The second kappa shape index (κ2) is 8.51. The molecule has 2 aromatic rings. The van der Waals surface area contributed by atoms with Crippen LogP contribution in [0.25, 0.3) is 0 Å². The number of carbonyl (C=O) groups excluding carboxylic acids is 1. The van der Waals surface area contributed by atoms with Crippen LogP contribution in [-0.4, -0.2) is 37.2 Å². The van der Waals surface area contributed by atoms with Gasteiger partial charge in [0.05, 0.1) is 0 Å². The quantitative estimate of drug-likeness (QED) is 0.743. The van der Waals surface area contributed by atoms with Crippen molar-refractivity contribution in [1.29, 1.82) is 0 Å². The van der Waals surface area contributed by atoms with E-state index >= 15 is 0 Å². The third-order valence-electron chi connectivity index (χ3n) is 4.56. The van der Waals surface area contributed by atoms with E-state index in [0.717, 1.165) is 18.4 Å². The molecule has 0 aliphatic carbocycles. The smallest absolute Gasteiger partial charge is 0.227 e. The molecule has 1 aromatic carbocycles. The molecule has 1 aromatic heterocycles. The van der Waals surface area contributed by atoms with Gasteiger partial charge in [-0.1, -0.05) is 12.1 Å². The van der Waals surface area contributed by atoms with Gasteiger partial charge in [0.15, 0.2) is 5.13 Å². The van der Waals surface area contributed by atoms with Crippen LogP contribution in [0.4, 0.5) is 9.52 Å². The first-order valence-corrected chi connectivity index (χ1v) is 9.30. The van der Waals surface area contributed by atoms with Crippen molar-refractivity contribution < 1.29 is 13.9 Å². The Bertz CT molecular complexity index is 687.